The van der Waals surface area contributed by atoms with E-state index < -0.39 is 7.04 Å². The molecule has 0 bridgehead atoms. The van der Waals surface area contributed by atoms with Crippen molar-refractivity contribution in [3.63, 3.8) is 0 Å². The highest BCUT2D eigenvalue weighted by Crippen LogP contribution is 2.39. The summed E-state index contributed by atoms with van der Waals surface area (Å²) in [6, 6.07) is 15.4. The van der Waals surface area contributed by atoms with E-state index in [-0.39, 0.29) is 16.5 Å². The van der Waals surface area contributed by atoms with E-state index in [9.17, 15) is 8.63 Å². The molecule has 1 heterocycles. The minimum Gasteiger partial charge on any atom is -0.598 e. The molecule has 0 fully saturated rings. The van der Waals surface area contributed by atoms with Crippen LogP contribution in [0, 0.1) is 0 Å². The summed E-state index contributed by atoms with van der Waals surface area (Å²) < 4.78 is 35.9. The zero-order chi connectivity index (χ0) is 17.8. The molecule has 3 aromatic carbocycles. The Morgan fingerprint density at radius 1 is 0.960 bits per heavy atom. The van der Waals surface area contributed by atoms with Crippen molar-refractivity contribution in [1.82, 2.24) is 0 Å². The maximum Gasteiger partial charge on any atom is 0.834 e. The fraction of sp³-hybridized carbons (Fsp3) is 0.0556. The molecular weight excluding hydrogens is 366 g/mol. The molecule has 0 amide bonds. The summed E-state index contributed by atoms with van der Waals surface area (Å²) in [4.78, 5) is 0. The average molecular weight is 378 g/mol. The van der Waals surface area contributed by atoms with Gasteiger partial charge in [0.25, 0.3) is 0 Å². The second kappa shape index (κ2) is 5.72. The summed E-state index contributed by atoms with van der Waals surface area (Å²) in [5.74, 6) is 0.205. The Morgan fingerprint density at radius 3 is 2.48 bits per heavy atom. The van der Waals surface area contributed by atoms with Gasteiger partial charge < -0.3 is 17.8 Å². The fourth-order valence-electron chi connectivity index (χ4n) is 3.21. The van der Waals surface area contributed by atoms with Crippen molar-refractivity contribution in [1.29, 1.82) is 0 Å². The Morgan fingerprint density at radius 2 is 1.72 bits per heavy atom. The number of halogens is 4. The van der Waals surface area contributed by atoms with Gasteiger partial charge in [0, 0.05) is 24.4 Å². The summed E-state index contributed by atoms with van der Waals surface area (Å²) in [6.07, 6.45) is 0. The molecule has 126 valence electrons. The summed E-state index contributed by atoms with van der Waals surface area (Å²) in [5.41, 5.74) is 1.25. The largest absolute Gasteiger partial charge is 0.834 e. The smallest absolute Gasteiger partial charge is 0.598 e. The van der Waals surface area contributed by atoms with Crippen LogP contribution in [0.4, 0.5) is 14.3 Å². The van der Waals surface area contributed by atoms with Crippen LogP contribution in [0.25, 0.3) is 10.8 Å². The molecule has 1 aliphatic rings. The summed E-state index contributed by atoms with van der Waals surface area (Å²) >= 11 is 11.9. The van der Waals surface area contributed by atoms with Crippen LogP contribution in [0.1, 0.15) is 12.5 Å². The van der Waals surface area contributed by atoms with Crippen LogP contribution in [-0.4, -0.2) is 17.2 Å². The lowest BCUT2D eigenvalue weighted by Gasteiger charge is -2.31. The van der Waals surface area contributed by atoms with Gasteiger partial charge in [-0.2, -0.15) is 0 Å². The van der Waals surface area contributed by atoms with E-state index in [4.69, 9.17) is 27.9 Å². The average Bonchev–Trinajstić information content (AvgIpc) is 2.57. The van der Waals surface area contributed by atoms with Gasteiger partial charge in [0.1, 0.15) is 5.71 Å². The first-order valence-electron chi connectivity index (χ1n) is 7.69. The van der Waals surface area contributed by atoms with Crippen molar-refractivity contribution < 1.29 is 17.8 Å². The van der Waals surface area contributed by atoms with Gasteiger partial charge in [-0.05, 0) is 17.5 Å². The Hall–Kier alpha value is -2.11. The van der Waals surface area contributed by atoms with Crippen LogP contribution < -0.4 is 4.65 Å². The molecule has 0 aliphatic carbocycles. The Kier molecular flexibility index (Phi) is 3.74. The molecule has 25 heavy (non-hydrogen) atoms. The van der Waals surface area contributed by atoms with E-state index >= 15 is 0 Å². The molecule has 4 rings (SSSR count). The molecule has 0 spiro atoms. The second-order valence-electron chi connectivity index (χ2n) is 5.90. The van der Waals surface area contributed by atoms with E-state index in [1.54, 1.807) is 25.1 Å². The summed E-state index contributed by atoms with van der Waals surface area (Å²) in [7, 11) is -4.31. The van der Waals surface area contributed by atoms with E-state index in [2.05, 4.69) is 0 Å². The second-order valence-corrected chi connectivity index (χ2v) is 6.71. The first-order valence-corrected chi connectivity index (χ1v) is 8.44. The standard InChI is InChI=1S/C18H12BCl2F2NO/c1-11-14-8-6-12-4-2-3-5-15(12)18(14)25-19(22,23)24(11)13-7-9-16(20)17(21)10-13/h2-10H,1H3. The third-order valence-electron chi connectivity index (χ3n) is 4.37. The molecule has 1 aliphatic heterocycles. The third kappa shape index (κ3) is 2.59. The van der Waals surface area contributed by atoms with Crippen LogP contribution in [-0.2, 0) is 0 Å². The van der Waals surface area contributed by atoms with Crippen molar-refractivity contribution in [2.24, 2.45) is 0 Å². The first kappa shape index (κ1) is 16.4. The van der Waals surface area contributed by atoms with Crippen LogP contribution >= 0.6 is 23.2 Å². The Bertz CT molecular complexity index is 1050. The van der Waals surface area contributed by atoms with Gasteiger partial charge in [-0.25, -0.2) is 0 Å². The van der Waals surface area contributed by atoms with Gasteiger partial charge in [0.05, 0.1) is 21.4 Å². The van der Waals surface area contributed by atoms with Crippen LogP contribution in [0.3, 0.4) is 0 Å². The molecule has 7 heteroatoms. The number of benzene rings is 3. The molecule has 0 saturated carbocycles. The number of rotatable bonds is 1. The van der Waals surface area contributed by atoms with Gasteiger partial charge in [-0.15, -0.1) is 0 Å². The Labute approximate surface area is 153 Å². The van der Waals surface area contributed by atoms with E-state index in [0.29, 0.717) is 21.7 Å². The minimum absolute atomic E-state index is 0.205. The topological polar surface area (TPSA) is 12.2 Å². The molecule has 0 atom stereocenters. The van der Waals surface area contributed by atoms with Gasteiger partial charge >= 0.3 is 7.04 Å². The quantitative estimate of drug-likeness (QED) is 0.469. The van der Waals surface area contributed by atoms with Gasteiger partial charge in [-0.3, -0.25) is 0 Å². The SMILES string of the molecule is CC1=[N+](c2ccc(Cl)c(Cl)c2)[B-](F)(F)Oc2c1ccc1ccccc21. The molecule has 0 N–H and O–H groups in total. The molecule has 0 unspecified atom stereocenters. The maximum absolute atomic E-state index is 14.9. The van der Waals surface area contributed by atoms with Gasteiger partial charge in [-0.1, -0.05) is 53.5 Å². The zero-order valence-corrected chi connectivity index (χ0v) is 14.7. The van der Waals surface area contributed by atoms with Crippen LogP contribution in [0.2, 0.25) is 10.0 Å². The fourth-order valence-corrected chi connectivity index (χ4v) is 3.50. The molecule has 0 saturated heterocycles. The van der Waals surface area contributed by atoms with Crippen molar-refractivity contribution in [2.45, 2.75) is 6.92 Å². The zero-order valence-electron chi connectivity index (χ0n) is 13.1. The maximum atomic E-state index is 14.9. The van der Waals surface area contributed by atoms with E-state index in [0.717, 1.165) is 9.87 Å². The van der Waals surface area contributed by atoms with Gasteiger partial charge in [0.2, 0.25) is 0 Å². The lowest BCUT2D eigenvalue weighted by molar-refractivity contribution is -0.349. The lowest BCUT2D eigenvalue weighted by atomic mass is 9.92. The number of hydrogen-bond donors (Lipinski definition) is 0. The van der Waals surface area contributed by atoms with Crippen molar-refractivity contribution >= 4 is 52.4 Å². The monoisotopic (exact) mass is 377 g/mol. The number of hydrogen-bond acceptors (Lipinski definition) is 1. The molecule has 0 radical (unpaired) electrons. The van der Waals surface area contributed by atoms with Gasteiger partial charge in [0.15, 0.2) is 5.69 Å². The Balaban J connectivity index is 2.01. The highest BCUT2D eigenvalue weighted by molar-refractivity contribution is 6.54. The molecule has 0 aromatic heterocycles. The molecule has 3 aromatic rings. The third-order valence-corrected chi connectivity index (χ3v) is 5.11. The predicted molar refractivity (Wildman–Crippen MR) is 98.7 cm³/mol. The summed E-state index contributed by atoms with van der Waals surface area (Å²) in [6.45, 7) is 1.65. The highest BCUT2D eigenvalue weighted by Gasteiger charge is 2.52. The predicted octanol–water partition coefficient (Wildman–Crippen LogP) is 6.07. The molecular formula is C18H12BCl2F2NO. The van der Waals surface area contributed by atoms with Crippen molar-refractivity contribution in [2.75, 3.05) is 0 Å². The first-order chi connectivity index (χ1) is 11.9. The van der Waals surface area contributed by atoms with Crippen LogP contribution in [0.15, 0.2) is 54.6 Å². The van der Waals surface area contributed by atoms with Crippen molar-refractivity contribution in [3.8, 4) is 5.75 Å². The number of fused-ring (bicyclic) bond motifs is 3. The van der Waals surface area contributed by atoms with E-state index in [1.807, 2.05) is 18.2 Å². The lowest BCUT2D eigenvalue weighted by Crippen LogP contribution is -2.49. The normalized spacial score (nSPS) is 15.9. The highest BCUT2D eigenvalue weighted by atomic mass is 35.5. The summed E-state index contributed by atoms with van der Waals surface area (Å²) in [5, 5.41) is 2.03. The van der Waals surface area contributed by atoms with Crippen LogP contribution in [0.5, 0.6) is 5.75 Å². The van der Waals surface area contributed by atoms with E-state index in [1.165, 1.54) is 18.2 Å². The number of nitrogens with zero attached hydrogens (tertiary/aromatic N) is 1. The minimum atomic E-state index is -4.31. The molecule has 2 nitrogen and oxygen atoms in total. The van der Waals surface area contributed by atoms with Crippen molar-refractivity contribution in [3.05, 3.63) is 70.2 Å².